The molecule has 0 radical (unpaired) electrons. The highest BCUT2D eigenvalue weighted by Gasteiger charge is 2.27. The normalized spacial score (nSPS) is 22.5. The molecule has 2 atom stereocenters. The predicted octanol–water partition coefficient (Wildman–Crippen LogP) is 2.44. The first-order valence-corrected chi connectivity index (χ1v) is 7.14. The van der Waals surface area contributed by atoms with Gasteiger partial charge in [-0.25, -0.2) is 4.79 Å². The summed E-state index contributed by atoms with van der Waals surface area (Å²) in [4.78, 5) is 29.0. The summed E-state index contributed by atoms with van der Waals surface area (Å²) in [6.45, 7) is 5.03. The average Bonchev–Trinajstić information content (AvgIpc) is 2.45. The average molecular weight is 288 g/mol. The van der Waals surface area contributed by atoms with Crippen LogP contribution < -0.4 is 0 Å². The Morgan fingerprint density at radius 3 is 2.81 bits per heavy atom. The number of hydrogen-bond acceptors (Lipinski definition) is 3. The van der Waals surface area contributed by atoms with Crippen molar-refractivity contribution in [2.75, 3.05) is 6.54 Å². The summed E-state index contributed by atoms with van der Waals surface area (Å²) in [6, 6.07) is 1.90. The van der Waals surface area contributed by atoms with Crippen LogP contribution in [0.15, 0.2) is 24.5 Å². The predicted molar refractivity (Wildman–Crippen MR) is 79.8 cm³/mol. The quantitative estimate of drug-likeness (QED) is 0.867. The summed E-state index contributed by atoms with van der Waals surface area (Å²) in [7, 11) is 0. The number of aromatic nitrogens is 1. The van der Waals surface area contributed by atoms with E-state index in [1.165, 1.54) is 18.5 Å². The summed E-state index contributed by atoms with van der Waals surface area (Å²) in [6.07, 6.45) is 7.58. The monoisotopic (exact) mass is 288 g/mol. The van der Waals surface area contributed by atoms with Crippen molar-refractivity contribution in [3.05, 3.63) is 35.7 Å². The van der Waals surface area contributed by atoms with E-state index in [0.717, 1.165) is 25.5 Å². The van der Waals surface area contributed by atoms with Gasteiger partial charge in [0.1, 0.15) is 0 Å². The standard InChI is InChI=1S/C16H20N2O3/c1-11-5-6-18(12(2)7-11)16(21)14-8-13(9-17-10-14)3-4-15(19)20/h3-4,8-12H,5-7H2,1-2H3,(H,19,20). The number of carboxylic acids is 1. The number of hydrogen-bond donors (Lipinski definition) is 1. The second kappa shape index (κ2) is 6.52. The number of nitrogens with zero attached hydrogens (tertiary/aromatic N) is 2. The molecule has 1 N–H and O–H groups in total. The van der Waals surface area contributed by atoms with E-state index in [2.05, 4.69) is 18.8 Å². The molecule has 0 aliphatic carbocycles. The summed E-state index contributed by atoms with van der Waals surface area (Å²) in [5, 5.41) is 8.63. The minimum absolute atomic E-state index is 0.0347. The largest absolute Gasteiger partial charge is 0.478 e. The van der Waals surface area contributed by atoms with E-state index in [1.54, 1.807) is 6.07 Å². The Balaban J connectivity index is 2.16. The molecule has 1 aromatic heterocycles. The van der Waals surface area contributed by atoms with Gasteiger partial charge in [0.05, 0.1) is 5.56 Å². The number of carboxylic acid groups (broad SMARTS) is 1. The van der Waals surface area contributed by atoms with Crippen LogP contribution in [0.2, 0.25) is 0 Å². The van der Waals surface area contributed by atoms with Gasteiger partial charge in [0, 0.05) is 31.1 Å². The molecule has 1 aliphatic rings. The Bertz CT molecular complexity index is 568. The van der Waals surface area contributed by atoms with E-state index in [9.17, 15) is 9.59 Å². The van der Waals surface area contributed by atoms with Crippen molar-refractivity contribution >= 4 is 18.0 Å². The van der Waals surface area contributed by atoms with Crippen molar-refractivity contribution in [3.63, 3.8) is 0 Å². The Morgan fingerprint density at radius 2 is 2.14 bits per heavy atom. The minimum atomic E-state index is -1.02. The Labute approximate surface area is 124 Å². The van der Waals surface area contributed by atoms with E-state index in [4.69, 9.17) is 5.11 Å². The first kappa shape index (κ1) is 15.2. The topological polar surface area (TPSA) is 70.5 Å². The van der Waals surface area contributed by atoms with Crippen molar-refractivity contribution in [2.45, 2.75) is 32.7 Å². The molecule has 2 unspecified atom stereocenters. The fraction of sp³-hybridized carbons (Fsp3) is 0.438. The third-order valence-electron chi connectivity index (χ3n) is 3.82. The fourth-order valence-electron chi connectivity index (χ4n) is 2.71. The van der Waals surface area contributed by atoms with Gasteiger partial charge >= 0.3 is 5.97 Å². The van der Waals surface area contributed by atoms with Gasteiger partial charge in [0.2, 0.25) is 0 Å². The van der Waals surface area contributed by atoms with Crippen molar-refractivity contribution in [1.82, 2.24) is 9.88 Å². The first-order valence-electron chi connectivity index (χ1n) is 7.14. The van der Waals surface area contributed by atoms with E-state index in [1.807, 2.05) is 4.90 Å². The third-order valence-corrected chi connectivity index (χ3v) is 3.82. The highest BCUT2D eigenvalue weighted by Crippen LogP contribution is 2.23. The SMILES string of the molecule is CC1CCN(C(=O)c2cncc(C=CC(=O)O)c2)C(C)C1. The molecule has 1 fully saturated rings. The molecule has 1 saturated heterocycles. The van der Waals surface area contributed by atoms with Gasteiger partial charge in [0.25, 0.3) is 5.91 Å². The van der Waals surface area contributed by atoms with Gasteiger partial charge in [-0.1, -0.05) is 6.92 Å². The van der Waals surface area contributed by atoms with Crippen LogP contribution in [0.1, 0.15) is 42.6 Å². The molecular formula is C16H20N2O3. The molecule has 0 aromatic carbocycles. The maximum Gasteiger partial charge on any atom is 0.328 e. The Hall–Kier alpha value is -2.17. The molecule has 5 nitrogen and oxygen atoms in total. The summed E-state index contributed by atoms with van der Waals surface area (Å²) < 4.78 is 0. The Kier molecular flexibility index (Phi) is 4.73. The molecule has 0 spiro atoms. The lowest BCUT2D eigenvalue weighted by atomic mass is 9.93. The number of carbonyl (C=O) groups excluding carboxylic acids is 1. The summed E-state index contributed by atoms with van der Waals surface area (Å²) >= 11 is 0. The van der Waals surface area contributed by atoms with Gasteiger partial charge in [0.15, 0.2) is 0 Å². The number of carbonyl (C=O) groups is 2. The van der Waals surface area contributed by atoms with E-state index >= 15 is 0 Å². The zero-order valence-electron chi connectivity index (χ0n) is 12.3. The number of rotatable bonds is 3. The van der Waals surface area contributed by atoms with Crippen LogP contribution in [-0.2, 0) is 4.79 Å². The summed E-state index contributed by atoms with van der Waals surface area (Å²) in [5.74, 6) is -0.412. The highest BCUT2D eigenvalue weighted by atomic mass is 16.4. The zero-order chi connectivity index (χ0) is 15.4. The molecule has 0 saturated carbocycles. The fourth-order valence-corrected chi connectivity index (χ4v) is 2.71. The molecule has 1 aromatic rings. The summed E-state index contributed by atoms with van der Waals surface area (Å²) in [5.41, 5.74) is 1.12. The number of likely N-dealkylation sites (tertiary alicyclic amines) is 1. The molecule has 2 heterocycles. The van der Waals surface area contributed by atoms with Gasteiger partial charge in [-0.05, 0) is 43.4 Å². The van der Waals surface area contributed by atoms with Crippen LogP contribution in [0, 0.1) is 5.92 Å². The number of aliphatic carboxylic acids is 1. The highest BCUT2D eigenvalue weighted by molar-refractivity contribution is 5.95. The van der Waals surface area contributed by atoms with Crippen molar-refractivity contribution < 1.29 is 14.7 Å². The maximum atomic E-state index is 12.6. The molecule has 1 aliphatic heterocycles. The minimum Gasteiger partial charge on any atom is -0.478 e. The lowest BCUT2D eigenvalue weighted by Crippen LogP contribution is -2.44. The Morgan fingerprint density at radius 1 is 1.38 bits per heavy atom. The maximum absolute atomic E-state index is 12.6. The molecule has 2 rings (SSSR count). The molecular weight excluding hydrogens is 268 g/mol. The van der Waals surface area contributed by atoms with E-state index in [-0.39, 0.29) is 11.9 Å². The van der Waals surface area contributed by atoms with Gasteiger partial charge in [-0.3, -0.25) is 9.78 Å². The molecule has 5 heteroatoms. The second-order valence-electron chi connectivity index (χ2n) is 5.66. The zero-order valence-corrected chi connectivity index (χ0v) is 12.3. The van der Waals surface area contributed by atoms with Crippen LogP contribution in [0.4, 0.5) is 0 Å². The third kappa shape index (κ3) is 3.90. The lowest BCUT2D eigenvalue weighted by Gasteiger charge is -2.36. The van der Waals surface area contributed by atoms with Crippen LogP contribution in [0.3, 0.4) is 0 Å². The van der Waals surface area contributed by atoms with Crippen molar-refractivity contribution in [3.8, 4) is 0 Å². The van der Waals surface area contributed by atoms with Crippen LogP contribution >= 0.6 is 0 Å². The van der Waals surface area contributed by atoms with Crippen LogP contribution in [0.5, 0.6) is 0 Å². The van der Waals surface area contributed by atoms with Crippen LogP contribution in [0.25, 0.3) is 6.08 Å². The first-order chi connectivity index (χ1) is 9.97. The molecule has 0 bridgehead atoms. The smallest absolute Gasteiger partial charge is 0.328 e. The number of piperidine rings is 1. The number of pyridine rings is 1. The lowest BCUT2D eigenvalue weighted by molar-refractivity contribution is -0.131. The molecule has 1 amide bonds. The molecule has 112 valence electrons. The van der Waals surface area contributed by atoms with E-state index in [0.29, 0.717) is 17.0 Å². The second-order valence-corrected chi connectivity index (χ2v) is 5.66. The number of amides is 1. The van der Waals surface area contributed by atoms with Gasteiger partial charge < -0.3 is 10.0 Å². The van der Waals surface area contributed by atoms with Crippen LogP contribution in [-0.4, -0.2) is 39.5 Å². The molecule has 21 heavy (non-hydrogen) atoms. The van der Waals surface area contributed by atoms with Crippen molar-refractivity contribution in [1.29, 1.82) is 0 Å². The van der Waals surface area contributed by atoms with Gasteiger partial charge in [-0.2, -0.15) is 0 Å². The van der Waals surface area contributed by atoms with E-state index < -0.39 is 5.97 Å². The van der Waals surface area contributed by atoms with Crippen molar-refractivity contribution in [2.24, 2.45) is 5.92 Å². The van der Waals surface area contributed by atoms with Gasteiger partial charge in [-0.15, -0.1) is 0 Å².